The number of halogens is 2. The van der Waals surface area contributed by atoms with Crippen LogP contribution in [-0.4, -0.2) is 53.5 Å². The van der Waals surface area contributed by atoms with E-state index in [1.165, 1.54) is 11.5 Å². The van der Waals surface area contributed by atoms with E-state index in [9.17, 15) is 4.79 Å². The van der Waals surface area contributed by atoms with Gasteiger partial charge in [-0.3, -0.25) is 14.7 Å². The zero-order valence-corrected chi connectivity index (χ0v) is 14.2. The van der Waals surface area contributed by atoms with E-state index in [-0.39, 0.29) is 30.7 Å². The summed E-state index contributed by atoms with van der Waals surface area (Å²) in [5.41, 5.74) is 6.92. The van der Waals surface area contributed by atoms with E-state index in [4.69, 9.17) is 5.73 Å². The van der Waals surface area contributed by atoms with Crippen molar-refractivity contribution in [2.24, 2.45) is 0 Å². The molecule has 120 valence electrons. The molecule has 0 atom stereocenters. The van der Waals surface area contributed by atoms with Crippen LogP contribution in [0.3, 0.4) is 0 Å². The van der Waals surface area contributed by atoms with Gasteiger partial charge in [-0.15, -0.1) is 24.8 Å². The molecule has 3 N–H and O–H groups in total. The Hall–Kier alpha value is -0.690. The third kappa shape index (κ3) is 7.76. The highest BCUT2D eigenvalue weighted by atomic mass is 35.5. The van der Waals surface area contributed by atoms with Gasteiger partial charge in [0.25, 0.3) is 0 Å². The Bertz CT molecular complexity index is 413. The van der Waals surface area contributed by atoms with Crippen LogP contribution in [0.25, 0.3) is 0 Å². The number of hydrogen-bond acceptors (Lipinski definition) is 5. The number of nitrogens with zero attached hydrogens (tertiary/aromatic N) is 2. The van der Waals surface area contributed by atoms with Crippen LogP contribution in [0.5, 0.6) is 0 Å². The first-order valence-corrected chi connectivity index (χ1v) is 7.67. The summed E-state index contributed by atoms with van der Waals surface area (Å²) in [5, 5.41) is 2.93. The van der Waals surface area contributed by atoms with Gasteiger partial charge in [-0.25, -0.2) is 0 Å². The normalized spacial score (nSPS) is 14.7. The molecule has 1 amide bonds. The Labute approximate surface area is 142 Å². The number of carbonyl (C=O) groups excluding carboxylic acids is 1. The number of amides is 1. The zero-order valence-electron chi connectivity index (χ0n) is 11.8. The van der Waals surface area contributed by atoms with Gasteiger partial charge in [-0.05, 0) is 12.1 Å². The van der Waals surface area contributed by atoms with Gasteiger partial charge in [0.2, 0.25) is 5.91 Å². The number of pyridine rings is 1. The minimum absolute atomic E-state index is 0. The maximum atomic E-state index is 11.7. The molecule has 2 rings (SSSR count). The molecule has 0 aliphatic carbocycles. The molecule has 0 bridgehead atoms. The highest BCUT2D eigenvalue weighted by Gasteiger charge is 2.10. The SMILES string of the molecule is Cl.Cl.Nc1ccc(CC(=O)NCCN2CCSCC2)nc1. The number of hydrogen-bond donors (Lipinski definition) is 2. The van der Waals surface area contributed by atoms with Crippen LogP contribution in [0.4, 0.5) is 5.69 Å². The van der Waals surface area contributed by atoms with E-state index in [0.717, 1.165) is 25.3 Å². The van der Waals surface area contributed by atoms with Crippen LogP contribution in [-0.2, 0) is 11.2 Å². The van der Waals surface area contributed by atoms with E-state index in [1.54, 1.807) is 18.3 Å². The lowest BCUT2D eigenvalue weighted by atomic mass is 10.2. The van der Waals surface area contributed by atoms with Gasteiger partial charge in [0.1, 0.15) is 0 Å². The summed E-state index contributed by atoms with van der Waals surface area (Å²) in [6.07, 6.45) is 1.89. The van der Waals surface area contributed by atoms with E-state index < -0.39 is 0 Å². The summed E-state index contributed by atoms with van der Waals surface area (Å²) in [4.78, 5) is 18.2. The van der Waals surface area contributed by atoms with Gasteiger partial charge in [0, 0.05) is 43.4 Å². The molecule has 1 saturated heterocycles. The first kappa shape index (κ1) is 20.3. The molecule has 2 heterocycles. The predicted molar refractivity (Wildman–Crippen MR) is 93.6 cm³/mol. The quantitative estimate of drug-likeness (QED) is 0.833. The van der Waals surface area contributed by atoms with Crippen molar-refractivity contribution in [2.75, 3.05) is 43.4 Å². The maximum Gasteiger partial charge on any atom is 0.226 e. The summed E-state index contributed by atoms with van der Waals surface area (Å²) in [6, 6.07) is 3.55. The molecule has 0 unspecified atom stereocenters. The molecule has 1 aliphatic rings. The Kier molecular flexibility index (Phi) is 10.6. The molecule has 0 spiro atoms. The number of anilines is 1. The van der Waals surface area contributed by atoms with Crippen molar-refractivity contribution < 1.29 is 4.79 Å². The molecule has 1 fully saturated rings. The smallest absolute Gasteiger partial charge is 0.226 e. The molecule has 1 aromatic rings. The van der Waals surface area contributed by atoms with E-state index in [0.29, 0.717) is 18.7 Å². The van der Waals surface area contributed by atoms with Gasteiger partial charge < -0.3 is 11.1 Å². The largest absolute Gasteiger partial charge is 0.397 e. The van der Waals surface area contributed by atoms with Gasteiger partial charge >= 0.3 is 0 Å². The number of thioether (sulfide) groups is 1. The minimum atomic E-state index is 0. The summed E-state index contributed by atoms with van der Waals surface area (Å²) >= 11 is 1.99. The topological polar surface area (TPSA) is 71.2 Å². The van der Waals surface area contributed by atoms with Crippen LogP contribution < -0.4 is 11.1 Å². The standard InChI is InChI=1S/C13H20N4OS.2ClH/c14-11-1-2-12(16-10-11)9-13(18)15-3-4-17-5-7-19-8-6-17;;/h1-2,10H,3-9,14H2,(H,15,18);2*1H. The van der Waals surface area contributed by atoms with Gasteiger partial charge in [-0.1, -0.05) is 0 Å². The van der Waals surface area contributed by atoms with Crippen molar-refractivity contribution in [1.29, 1.82) is 0 Å². The Morgan fingerprint density at radius 3 is 2.67 bits per heavy atom. The number of nitrogens with one attached hydrogen (secondary N) is 1. The van der Waals surface area contributed by atoms with Crippen molar-refractivity contribution >= 4 is 48.2 Å². The molecule has 21 heavy (non-hydrogen) atoms. The molecule has 8 heteroatoms. The fourth-order valence-corrected chi connectivity index (χ4v) is 2.92. The summed E-state index contributed by atoms with van der Waals surface area (Å²) in [5.74, 6) is 2.41. The molecule has 0 saturated carbocycles. The molecule has 0 radical (unpaired) electrons. The van der Waals surface area contributed by atoms with Gasteiger partial charge in [-0.2, -0.15) is 11.8 Å². The number of nitrogen functional groups attached to an aromatic ring is 1. The second-order valence-electron chi connectivity index (χ2n) is 4.56. The van der Waals surface area contributed by atoms with Crippen LogP contribution in [0, 0.1) is 0 Å². The van der Waals surface area contributed by atoms with Crippen molar-refractivity contribution in [3.8, 4) is 0 Å². The van der Waals surface area contributed by atoms with Crippen molar-refractivity contribution in [1.82, 2.24) is 15.2 Å². The fraction of sp³-hybridized carbons (Fsp3) is 0.538. The fourth-order valence-electron chi connectivity index (χ4n) is 1.95. The number of carbonyl (C=O) groups is 1. The first-order chi connectivity index (χ1) is 9.24. The lowest BCUT2D eigenvalue weighted by Crippen LogP contribution is -2.39. The lowest BCUT2D eigenvalue weighted by Gasteiger charge is -2.25. The Morgan fingerprint density at radius 1 is 1.33 bits per heavy atom. The first-order valence-electron chi connectivity index (χ1n) is 6.51. The van der Waals surface area contributed by atoms with Gasteiger partial charge in [0.05, 0.1) is 18.3 Å². The average molecular weight is 353 g/mol. The molecule has 0 aromatic carbocycles. The molecule has 1 aliphatic heterocycles. The van der Waals surface area contributed by atoms with Gasteiger partial charge in [0.15, 0.2) is 0 Å². The number of aromatic nitrogens is 1. The predicted octanol–water partition coefficient (Wildman–Crippen LogP) is 1.21. The Morgan fingerprint density at radius 2 is 2.05 bits per heavy atom. The van der Waals surface area contributed by atoms with Crippen LogP contribution in [0.1, 0.15) is 5.69 Å². The van der Waals surface area contributed by atoms with Crippen molar-refractivity contribution in [3.05, 3.63) is 24.0 Å². The second kappa shape index (κ2) is 11.0. The highest BCUT2D eigenvalue weighted by Crippen LogP contribution is 2.08. The summed E-state index contributed by atoms with van der Waals surface area (Å²) in [6.45, 7) is 3.89. The van der Waals surface area contributed by atoms with E-state index in [1.807, 2.05) is 11.8 Å². The van der Waals surface area contributed by atoms with E-state index in [2.05, 4.69) is 15.2 Å². The monoisotopic (exact) mass is 352 g/mol. The van der Waals surface area contributed by atoms with Crippen molar-refractivity contribution in [3.63, 3.8) is 0 Å². The van der Waals surface area contributed by atoms with E-state index >= 15 is 0 Å². The molecular weight excluding hydrogens is 331 g/mol. The maximum absolute atomic E-state index is 11.7. The van der Waals surface area contributed by atoms with Crippen molar-refractivity contribution in [2.45, 2.75) is 6.42 Å². The lowest BCUT2D eigenvalue weighted by molar-refractivity contribution is -0.120. The van der Waals surface area contributed by atoms with Crippen LogP contribution in [0.2, 0.25) is 0 Å². The minimum Gasteiger partial charge on any atom is -0.397 e. The summed E-state index contributed by atoms with van der Waals surface area (Å²) < 4.78 is 0. The van der Waals surface area contributed by atoms with Crippen LogP contribution in [0.15, 0.2) is 18.3 Å². The molecular formula is C13H22Cl2N4OS. The molecule has 1 aromatic heterocycles. The average Bonchev–Trinajstić information content (AvgIpc) is 2.43. The third-order valence-electron chi connectivity index (χ3n) is 3.04. The second-order valence-corrected chi connectivity index (χ2v) is 5.79. The Balaban J connectivity index is 0.00000200. The highest BCUT2D eigenvalue weighted by molar-refractivity contribution is 7.99. The number of nitrogens with two attached hydrogens (primary N) is 1. The molecule has 5 nitrogen and oxygen atoms in total. The summed E-state index contributed by atoms with van der Waals surface area (Å²) in [7, 11) is 0. The number of rotatable bonds is 5. The zero-order chi connectivity index (χ0) is 13.5. The van der Waals surface area contributed by atoms with Crippen LogP contribution >= 0.6 is 36.6 Å². The third-order valence-corrected chi connectivity index (χ3v) is 3.99.